The summed E-state index contributed by atoms with van der Waals surface area (Å²) in [5.41, 5.74) is 14.4. The van der Waals surface area contributed by atoms with Gasteiger partial charge in [-0.25, -0.2) is 0 Å². The molecule has 0 amide bonds. The minimum Gasteiger partial charge on any atom is -0.324 e. The number of likely N-dealkylation sites (N-methyl/N-ethyl adjacent to an activating group) is 1. The first kappa shape index (κ1) is 16.0. The van der Waals surface area contributed by atoms with Crippen LogP contribution in [0.25, 0.3) is 0 Å². The van der Waals surface area contributed by atoms with Crippen molar-refractivity contribution in [2.24, 2.45) is 11.5 Å². The van der Waals surface area contributed by atoms with Gasteiger partial charge >= 0.3 is 0 Å². The largest absolute Gasteiger partial charge is 0.324 e. The molecule has 0 bridgehead atoms. The van der Waals surface area contributed by atoms with Gasteiger partial charge in [0.2, 0.25) is 0 Å². The first-order valence-electron chi connectivity index (χ1n) is 6.99. The molecule has 0 aliphatic carbocycles. The van der Waals surface area contributed by atoms with Gasteiger partial charge in [-0.3, -0.25) is 0 Å². The van der Waals surface area contributed by atoms with Crippen LogP contribution in [0.4, 0.5) is 0 Å². The second-order valence-electron chi connectivity index (χ2n) is 5.49. The third kappa shape index (κ3) is 3.44. The molecule has 0 heterocycles. The Hall–Kier alpha value is -1.39. The molecule has 5 N–H and O–H groups in total. The van der Waals surface area contributed by atoms with Gasteiger partial charge in [-0.2, -0.15) is 0 Å². The average Bonchev–Trinajstić information content (AvgIpc) is 2.49. The van der Waals surface area contributed by atoms with Crippen molar-refractivity contribution in [2.75, 3.05) is 7.05 Å². The van der Waals surface area contributed by atoms with Crippen LogP contribution in [0, 0.1) is 0 Å². The molecule has 21 heavy (non-hydrogen) atoms. The Bertz CT molecular complexity index is 566. The first-order valence-corrected chi connectivity index (χ1v) is 7.37. The zero-order chi connectivity index (χ0) is 15.5. The zero-order valence-electron chi connectivity index (χ0n) is 12.4. The van der Waals surface area contributed by atoms with Gasteiger partial charge < -0.3 is 16.8 Å². The smallest absolute Gasteiger partial charge is 0.0553 e. The Morgan fingerprint density at radius 1 is 1.05 bits per heavy atom. The Labute approximate surface area is 131 Å². The molecular weight excluding hydrogens is 282 g/mol. The van der Waals surface area contributed by atoms with Crippen molar-refractivity contribution < 1.29 is 0 Å². The highest BCUT2D eigenvalue weighted by Crippen LogP contribution is 2.29. The van der Waals surface area contributed by atoms with Crippen LogP contribution in [0.1, 0.15) is 24.1 Å². The highest BCUT2D eigenvalue weighted by Gasteiger charge is 2.35. The fraction of sp³-hybridized carbons (Fsp3) is 0.294. The normalized spacial score (nSPS) is 17.0. The number of hydrogen-bond donors (Lipinski definition) is 3. The number of nitrogens with one attached hydrogen (secondary N) is 1. The summed E-state index contributed by atoms with van der Waals surface area (Å²) < 4.78 is 0. The monoisotopic (exact) mass is 303 g/mol. The quantitative estimate of drug-likeness (QED) is 0.796. The van der Waals surface area contributed by atoms with E-state index in [2.05, 4.69) is 17.4 Å². The molecule has 112 valence electrons. The van der Waals surface area contributed by atoms with Gasteiger partial charge in [-0.1, -0.05) is 54.1 Å². The van der Waals surface area contributed by atoms with Crippen LogP contribution in [0.15, 0.2) is 54.6 Å². The summed E-state index contributed by atoms with van der Waals surface area (Å²) in [6, 6.07) is 17.3. The van der Waals surface area contributed by atoms with E-state index < -0.39 is 5.54 Å². The summed E-state index contributed by atoms with van der Waals surface area (Å²) in [4.78, 5) is 0. The van der Waals surface area contributed by atoms with E-state index in [9.17, 15) is 0 Å². The third-order valence-corrected chi connectivity index (χ3v) is 4.24. The molecule has 0 saturated carbocycles. The van der Waals surface area contributed by atoms with E-state index in [0.29, 0.717) is 5.02 Å². The molecule has 2 aromatic carbocycles. The summed E-state index contributed by atoms with van der Waals surface area (Å²) in [5, 5.41) is 3.97. The Balaban J connectivity index is 2.31. The standard InChI is InChI=1S/C17H22ClN3/c1-17(20,13-8-10-14(18)11-9-13)16(19)15(21-2)12-6-4-3-5-7-12/h3-11,15-16,21H,19-20H2,1-2H3/t15-,16-,17-/m1/s1. The number of rotatable bonds is 5. The Morgan fingerprint density at radius 3 is 2.14 bits per heavy atom. The van der Waals surface area contributed by atoms with Gasteiger partial charge in [0.05, 0.1) is 5.54 Å². The van der Waals surface area contributed by atoms with Gasteiger partial charge in [-0.05, 0) is 37.2 Å². The van der Waals surface area contributed by atoms with Crippen molar-refractivity contribution in [3.05, 3.63) is 70.7 Å². The zero-order valence-corrected chi connectivity index (χ0v) is 13.1. The van der Waals surface area contributed by atoms with Crippen molar-refractivity contribution >= 4 is 11.6 Å². The topological polar surface area (TPSA) is 64.1 Å². The third-order valence-electron chi connectivity index (χ3n) is 3.99. The molecule has 0 fully saturated rings. The summed E-state index contributed by atoms with van der Waals surface area (Å²) in [7, 11) is 1.90. The van der Waals surface area contributed by atoms with Crippen molar-refractivity contribution in [1.82, 2.24) is 5.32 Å². The van der Waals surface area contributed by atoms with Gasteiger partial charge in [0.25, 0.3) is 0 Å². The molecule has 2 rings (SSSR count). The molecule has 3 atom stereocenters. The van der Waals surface area contributed by atoms with Crippen LogP contribution in [-0.4, -0.2) is 13.1 Å². The van der Waals surface area contributed by atoms with Gasteiger partial charge in [0.1, 0.15) is 0 Å². The fourth-order valence-electron chi connectivity index (χ4n) is 2.56. The van der Waals surface area contributed by atoms with Crippen molar-refractivity contribution in [3.63, 3.8) is 0 Å². The predicted octanol–water partition coefficient (Wildman–Crippen LogP) is 2.80. The van der Waals surface area contributed by atoms with E-state index in [1.54, 1.807) is 0 Å². The van der Waals surface area contributed by atoms with Crippen LogP contribution in [0.3, 0.4) is 0 Å². The van der Waals surface area contributed by atoms with Crippen LogP contribution >= 0.6 is 11.6 Å². The number of benzene rings is 2. The second kappa shape index (κ2) is 6.58. The van der Waals surface area contributed by atoms with Gasteiger partial charge in [0, 0.05) is 17.1 Å². The molecule has 3 nitrogen and oxygen atoms in total. The van der Waals surface area contributed by atoms with Gasteiger partial charge in [-0.15, -0.1) is 0 Å². The minimum atomic E-state index is -0.673. The SMILES string of the molecule is CN[C@H](c1ccccc1)[C@@H](N)[C@](C)(N)c1ccc(Cl)cc1. The summed E-state index contributed by atoms with van der Waals surface area (Å²) in [6.07, 6.45) is 0. The number of hydrogen-bond acceptors (Lipinski definition) is 3. The molecule has 0 aliphatic rings. The number of nitrogens with two attached hydrogens (primary N) is 2. The summed E-state index contributed by atoms with van der Waals surface area (Å²) in [5.74, 6) is 0. The van der Waals surface area contributed by atoms with Crippen molar-refractivity contribution in [2.45, 2.75) is 24.5 Å². The van der Waals surface area contributed by atoms with Crippen LogP contribution in [-0.2, 0) is 5.54 Å². The fourth-order valence-corrected chi connectivity index (χ4v) is 2.69. The van der Waals surface area contributed by atoms with E-state index in [4.69, 9.17) is 23.1 Å². The molecule has 0 aliphatic heterocycles. The molecule has 0 saturated heterocycles. The number of halogens is 1. The maximum atomic E-state index is 6.54. The predicted molar refractivity (Wildman–Crippen MR) is 89.2 cm³/mol. The van der Waals surface area contributed by atoms with Crippen LogP contribution in [0.2, 0.25) is 5.02 Å². The highest BCUT2D eigenvalue weighted by molar-refractivity contribution is 6.30. The van der Waals surface area contributed by atoms with Crippen molar-refractivity contribution in [3.8, 4) is 0 Å². The lowest BCUT2D eigenvalue weighted by molar-refractivity contribution is 0.314. The lowest BCUT2D eigenvalue weighted by atomic mass is 9.80. The van der Waals surface area contributed by atoms with Crippen LogP contribution in [0.5, 0.6) is 0 Å². The lowest BCUT2D eigenvalue weighted by Crippen LogP contribution is -2.55. The van der Waals surface area contributed by atoms with E-state index in [-0.39, 0.29) is 12.1 Å². The lowest BCUT2D eigenvalue weighted by Gasteiger charge is -2.37. The van der Waals surface area contributed by atoms with Gasteiger partial charge in [0.15, 0.2) is 0 Å². The van der Waals surface area contributed by atoms with E-state index in [0.717, 1.165) is 11.1 Å². The maximum Gasteiger partial charge on any atom is 0.0553 e. The summed E-state index contributed by atoms with van der Waals surface area (Å²) >= 11 is 5.94. The average molecular weight is 304 g/mol. The highest BCUT2D eigenvalue weighted by atomic mass is 35.5. The summed E-state index contributed by atoms with van der Waals surface area (Å²) in [6.45, 7) is 1.95. The van der Waals surface area contributed by atoms with E-state index >= 15 is 0 Å². The molecule has 2 aromatic rings. The molecule has 4 heteroatoms. The van der Waals surface area contributed by atoms with Crippen molar-refractivity contribution in [1.29, 1.82) is 0 Å². The maximum absolute atomic E-state index is 6.54. The molecule has 0 unspecified atom stereocenters. The molecule has 0 spiro atoms. The van der Waals surface area contributed by atoms with Crippen LogP contribution < -0.4 is 16.8 Å². The van der Waals surface area contributed by atoms with E-state index in [1.807, 2.05) is 56.4 Å². The molecule has 0 aromatic heterocycles. The van der Waals surface area contributed by atoms with E-state index in [1.165, 1.54) is 0 Å². The molecule has 0 radical (unpaired) electrons. The first-order chi connectivity index (χ1) is 9.96. The second-order valence-corrected chi connectivity index (χ2v) is 5.93. The molecular formula is C17H22ClN3. The minimum absolute atomic E-state index is 0.0307. The Morgan fingerprint density at radius 2 is 1.62 bits per heavy atom. The Kier molecular flexibility index (Phi) is 5.01.